The normalized spacial score (nSPS) is 12.0. The molecule has 9 nitrogen and oxygen atoms in total. The van der Waals surface area contributed by atoms with Crippen LogP contribution in [0.2, 0.25) is 0 Å². The Morgan fingerprint density at radius 3 is 2.27 bits per heavy atom. The third kappa shape index (κ3) is 8.28. The van der Waals surface area contributed by atoms with Crippen molar-refractivity contribution in [1.82, 2.24) is 4.90 Å². The van der Waals surface area contributed by atoms with Gasteiger partial charge < -0.3 is 15.2 Å². The quantitative estimate of drug-likeness (QED) is 0.390. The average molecular weight is 388 g/mol. The molecule has 10 heteroatoms. The van der Waals surface area contributed by atoms with Crippen LogP contribution in [0.5, 0.6) is 0 Å². The van der Waals surface area contributed by atoms with Gasteiger partial charge in [-0.1, -0.05) is 12.1 Å². The Morgan fingerprint density at radius 1 is 1.19 bits per heavy atom. The molecule has 0 fully saturated rings. The number of ether oxygens (including phenoxy) is 1. The molecule has 1 rings (SSSR count). The summed E-state index contributed by atoms with van der Waals surface area (Å²) in [5.41, 5.74) is 0.528. The fourth-order valence-electron chi connectivity index (χ4n) is 1.87. The minimum absolute atomic E-state index is 0.0730. The lowest BCUT2D eigenvalue weighted by molar-refractivity contribution is -0.138. The van der Waals surface area contributed by atoms with Crippen LogP contribution in [-0.2, 0) is 30.4 Å². The largest absolute Gasteiger partial charge is 0.480 e. The van der Waals surface area contributed by atoms with Crippen LogP contribution >= 0.6 is 0 Å². The lowest BCUT2D eigenvalue weighted by atomic mass is 10.2. The minimum Gasteiger partial charge on any atom is -0.480 e. The third-order valence-corrected chi connectivity index (χ3v) is 3.82. The number of carboxylic acid groups (broad SMARTS) is 1. The minimum atomic E-state index is -4.49. The Kier molecular flexibility index (Phi) is 7.54. The molecule has 0 saturated heterocycles. The molecular formula is C16H24N2O7S. The van der Waals surface area contributed by atoms with Gasteiger partial charge in [-0.25, -0.2) is 8.98 Å². The van der Waals surface area contributed by atoms with Gasteiger partial charge in [0.1, 0.15) is 12.3 Å². The van der Waals surface area contributed by atoms with Crippen LogP contribution in [0.4, 0.5) is 10.5 Å². The molecule has 1 aromatic carbocycles. The van der Waals surface area contributed by atoms with Gasteiger partial charge in [-0.3, -0.25) is 9.69 Å². The maximum atomic E-state index is 11.7. The van der Waals surface area contributed by atoms with Gasteiger partial charge in [0.25, 0.3) is 0 Å². The average Bonchev–Trinajstić information content (AvgIpc) is 2.46. The molecule has 0 saturated carbocycles. The number of carbonyl (C=O) groups excluding carboxylic acids is 1. The molecule has 0 atom stereocenters. The Hall–Kier alpha value is -2.17. The van der Waals surface area contributed by atoms with Crippen molar-refractivity contribution in [3.8, 4) is 0 Å². The van der Waals surface area contributed by atoms with E-state index in [2.05, 4.69) is 9.50 Å². The molecule has 0 aliphatic carbocycles. The van der Waals surface area contributed by atoms with Crippen molar-refractivity contribution in [3.63, 3.8) is 0 Å². The van der Waals surface area contributed by atoms with E-state index in [1.54, 1.807) is 57.0 Å². The van der Waals surface area contributed by atoms with Gasteiger partial charge in [0.2, 0.25) is 0 Å². The number of aliphatic carboxylic acids is 1. The molecule has 26 heavy (non-hydrogen) atoms. The topological polar surface area (TPSA) is 122 Å². The SMILES string of the molecule is CN(CC(=O)O)Cc1ccc(NCOS(=O)(=O)C(=O)OC(C)(C)C)cc1. The lowest BCUT2D eigenvalue weighted by Crippen LogP contribution is -2.30. The first-order valence-electron chi connectivity index (χ1n) is 7.74. The number of nitrogens with zero attached hydrogens (tertiary/aromatic N) is 1. The first-order valence-corrected chi connectivity index (χ1v) is 9.15. The fraction of sp³-hybridized carbons (Fsp3) is 0.500. The van der Waals surface area contributed by atoms with Crippen LogP contribution in [0.1, 0.15) is 26.3 Å². The van der Waals surface area contributed by atoms with Gasteiger partial charge in [-0.2, -0.15) is 8.42 Å². The zero-order chi connectivity index (χ0) is 20.0. The van der Waals surface area contributed by atoms with Crippen LogP contribution in [0.3, 0.4) is 0 Å². The van der Waals surface area contributed by atoms with Gasteiger partial charge in [0, 0.05) is 12.2 Å². The monoisotopic (exact) mass is 388 g/mol. The van der Waals surface area contributed by atoms with Gasteiger partial charge in [0.05, 0.1) is 6.54 Å². The summed E-state index contributed by atoms with van der Waals surface area (Å²) >= 11 is 0. The van der Waals surface area contributed by atoms with Crippen molar-refractivity contribution in [3.05, 3.63) is 29.8 Å². The molecule has 0 amide bonds. The summed E-state index contributed by atoms with van der Waals surface area (Å²) in [5, 5.41) is 10.00. The summed E-state index contributed by atoms with van der Waals surface area (Å²) in [5.74, 6) is -0.908. The number of hydrogen-bond donors (Lipinski definition) is 2. The van der Waals surface area contributed by atoms with E-state index >= 15 is 0 Å². The highest BCUT2D eigenvalue weighted by atomic mass is 32.2. The highest BCUT2D eigenvalue weighted by Crippen LogP contribution is 2.13. The molecule has 0 bridgehead atoms. The molecule has 2 N–H and O–H groups in total. The van der Waals surface area contributed by atoms with Crippen LogP contribution in [0.15, 0.2) is 24.3 Å². The molecule has 1 aromatic rings. The summed E-state index contributed by atoms with van der Waals surface area (Å²) in [6.45, 7) is 4.60. The van der Waals surface area contributed by atoms with Crippen LogP contribution in [0, 0.1) is 0 Å². The molecular weight excluding hydrogens is 364 g/mol. The third-order valence-electron chi connectivity index (χ3n) is 2.90. The Morgan fingerprint density at radius 2 is 1.77 bits per heavy atom. The zero-order valence-corrected chi connectivity index (χ0v) is 16.0. The first kappa shape index (κ1) is 21.9. The molecule has 0 aliphatic rings. The summed E-state index contributed by atoms with van der Waals surface area (Å²) in [6, 6.07) is 6.91. The van der Waals surface area contributed by atoms with E-state index in [-0.39, 0.29) is 6.54 Å². The van der Waals surface area contributed by atoms with E-state index in [4.69, 9.17) is 9.84 Å². The number of likely N-dealkylation sites (N-methyl/N-ethyl adjacent to an activating group) is 1. The molecule has 0 aromatic heterocycles. The second-order valence-corrected chi connectivity index (χ2v) is 8.10. The summed E-state index contributed by atoms with van der Waals surface area (Å²) in [4.78, 5) is 23.8. The number of benzene rings is 1. The number of rotatable bonds is 8. The van der Waals surface area contributed by atoms with E-state index in [0.29, 0.717) is 12.2 Å². The Bertz CT molecular complexity index is 724. The molecule has 0 aliphatic heterocycles. The van der Waals surface area contributed by atoms with Gasteiger partial charge >= 0.3 is 21.4 Å². The van der Waals surface area contributed by atoms with E-state index in [0.717, 1.165) is 5.56 Å². The maximum Gasteiger partial charge on any atom is 0.452 e. The second kappa shape index (κ2) is 8.97. The van der Waals surface area contributed by atoms with Crippen LogP contribution in [-0.4, -0.2) is 55.6 Å². The molecule has 0 radical (unpaired) electrons. The molecule has 146 valence electrons. The fourth-order valence-corrected chi connectivity index (χ4v) is 2.53. The number of carboxylic acids is 1. The van der Waals surface area contributed by atoms with Crippen molar-refractivity contribution >= 4 is 27.1 Å². The summed E-state index contributed by atoms with van der Waals surface area (Å²) in [7, 11) is -2.79. The maximum absolute atomic E-state index is 11.7. The summed E-state index contributed by atoms with van der Waals surface area (Å²) < 4.78 is 32.7. The Balaban J connectivity index is 2.51. The van der Waals surface area contributed by atoms with Gasteiger partial charge in [-0.15, -0.1) is 0 Å². The summed E-state index contributed by atoms with van der Waals surface area (Å²) in [6.07, 6.45) is 0. The van der Waals surface area contributed by atoms with Crippen LogP contribution < -0.4 is 5.32 Å². The molecule has 0 heterocycles. The smallest absolute Gasteiger partial charge is 0.452 e. The van der Waals surface area contributed by atoms with Crippen molar-refractivity contribution in [2.75, 3.05) is 25.6 Å². The molecule has 0 unspecified atom stereocenters. The highest BCUT2D eigenvalue weighted by Gasteiger charge is 2.29. The van der Waals surface area contributed by atoms with Crippen molar-refractivity contribution in [1.29, 1.82) is 0 Å². The predicted octanol–water partition coefficient (Wildman–Crippen LogP) is 1.85. The van der Waals surface area contributed by atoms with E-state index in [1.807, 2.05) is 0 Å². The number of hydrogen-bond acceptors (Lipinski definition) is 8. The number of nitrogens with one attached hydrogen (secondary N) is 1. The van der Waals surface area contributed by atoms with E-state index in [1.165, 1.54) is 0 Å². The molecule has 0 spiro atoms. The van der Waals surface area contributed by atoms with E-state index in [9.17, 15) is 18.0 Å². The first-order chi connectivity index (χ1) is 11.9. The zero-order valence-electron chi connectivity index (χ0n) is 15.2. The van der Waals surface area contributed by atoms with Crippen molar-refractivity contribution < 1.29 is 32.0 Å². The number of anilines is 1. The van der Waals surface area contributed by atoms with E-state index < -0.39 is 33.7 Å². The van der Waals surface area contributed by atoms with Crippen molar-refractivity contribution in [2.45, 2.75) is 32.9 Å². The Labute approximate surface area is 153 Å². The van der Waals surface area contributed by atoms with Crippen molar-refractivity contribution in [2.24, 2.45) is 0 Å². The lowest BCUT2D eigenvalue weighted by Gasteiger charge is -2.19. The van der Waals surface area contributed by atoms with Gasteiger partial charge in [0.15, 0.2) is 0 Å². The second-order valence-electron chi connectivity index (χ2n) is 6.62. The standard InChI is InChI=1S/C16H24N2O7S/c1-16(2,3)25-15(21)26(22,23)24-11-17-13-7-5-12(6-8-13)9-18(4)10-14(19)20/h5-8,17H,9-11H2,1-4H3,(H,19,20). The predicted molar refractivity (Wildman–Crippen MR) is 95.1 cm³/mol. The van der Waals surface area contributed by atoms with Crippen LogP contribution in [0.25, 0.3) is 0 Å². The van der Waals surface area contributed by atoms with Gasteiger partial charge in [-0.05, 0) is 45.5 Å². The number of carbonyl (C=O) groups is 2. The highest BCUT2D eigenvalue weighted by molar-refractivity contribution is 8.01.